The number of hydrogen-bond acceptors (Lipinski definition) is 4. The Balaban J connectivity index is 2.37. The minimum absolute atomic E-state index is 0.000520. The quantitative estimate of drug-likeness (QED) is 0.756. The topological polar surface area (TPSA) is 77.5 Å². The van der Waals surface area contributed by atoms with Crippen LogP contribution in [0.1, 0.15) is 58.4 Å². The van der Waals surface area contributed by atoms with Crippen molar-refractivity contribution in [1.82, 2.24) is 4.90 Å². The van der Waals surface area contributed by atoms with Gasteiger partial charge >= 0.3 is 0 Å². The summed E-state index contributed by atoms with van der Waals surface area (Å²) in [6.07, 6.45) is 2.13. The molecule has 26 heavy (non-hydrogen) atoms. The number of carboxylic acid groups (broad SMARTS) is 1. The van der Waals surface area contributed by atoms with Gasteiger partial charge in [-0.05, 0) is 36.7 Å². The number of carboxylic acids is 1. The van der Waals surface area contributed by atoms with E-state index in [0.717, 1.165) is 12.0 Å². The van der Waals surface area contributed by atoms with Crippen LogP contribution in [0, 0.1) is 11.3 Å². The molecule has 0 spiro atoms. The van der Waals surface area contributed by atoms with Gasteiger partial charge in [0.1, 0.15) is 0 Å². The van der Waals surface area contributed by atoms with Gasteiger partial charge in [-0.2, -0.15) is 0 Å². The summed E-state index contributed by atoms with van der Waals surface area (Å²) in [4.78, 5) is 38.4. The van der Waals surface area contributed by atoms with Gasteiger partial charge in [0.05, 0.1) is 12.0 Å². The summed E-state index contributed by atoms with van der Waals surface area (Å²) in [5.74, 6) is -2.81. The maximum Gasteiger partial charge on any atom is 0.291 e. The Hall–Kier alpha value is -2.17. The smallest absolute Gasteiger partial charge is 0.291 e. The molecule has 3 atom stereocenters. The molecule has 1 amide bonds. The molecule has 1 fully saturated rings. The monoisotopic (exact) mass is 358 g/mol. The molecule has 5 heteroatoms. The average molecular weight is 358 g/mol. The molecule has 0 aromatic heterocycles. The number of benzene rings is 1. The van der Waals surface area contributed by atoms with Gasteiger partial charge in [0.25, 0.3) is 5.91 Å². The number of likely N-dealkylation sites (tertiary alicyclic amines) is 1. The zero-order valence-electron chi connectivity index (χ0n) is 16.0. The summed E-state index contributed by atoms with van der Waals surface area (Å²) in [6.45, 7) is 7.30. The Morgan fingerprint density at radius 3 is 2.31 bits per heavy atom. The predicted molar refractivity (Wildman–Crippen MR) is 97.2 cm³/mol. The molecule has 0 aliphatic carbocycles. The van der Waals surface area contributed by atoms with E-state index in [2.05, 4.69) is 0 Å². The number of rotatable bonds is 5. The van der Waals surface area contributed by atoms with Crippen LogP contribution in [0.3, 0.4) is 0 Å². The van der Waals surface area contributed by atoms with Crippen molar-refractivity contribution in [1.29, 1.82) is 0 Å². The van der Waals surface area contributed by atoms with Crippen LogP contribution in [0.5, 0.6) is 0 Å². The largest absolute Gasteiger partial charge is 0.548 e. The first kappa shape index (κ1) is 20.1. The Labute approximate surface area is 155 Å². The van der Waals surface area contributed by atoms with Crippen LogP contribution in [-0.4, -0.2) is 35.1 Å². The summed E-state index contributed by atoms with van der Waals surface area (Å²) in [6, 6.07) is 8.68. The first-order valence-corrected chi connectivity index (χ1v) is 9.29. The van der Waals surface area contributed by atoms with Gasteiger partial charge in [0, 0.05) is 12.0 Å². The molecule has 0 radical (unpaired) electrons. The summed E-state index contributed by atoms with van der Waals surface area (Å²) in [5.41, 5.74) is 0.215. The molecule has 1 aromatic rings. The molecular weight excluding hydrogens is 330 g/mol. The van der Waals surface area contributed by atoms with Crippen LogP contribution >= 0.6 is 0 Å². The van der Waals surface area contributed by atoms with Crippen LogP contribution in [0.2, 0.25) is 0 Å². The van der Waals surface area contributed by atoms with E-state index in [9.17, 15) is 19.5 Å². The Kier molecular flexibility index (Phi) is 6.21. The van der Waals surface area contributed by atoms with Gasteiger partial charge in [-0.1, -0.05) is 58.0 Å². The number of carbonyl (C=O) groups excluding carboxylic acids is 3. The van der Waals surface area contributed by atoms with Gasteiger partial charge in [0.2, 0.25) is 5.78 Å². The fourth-order valence-electron chi connectivity index (χ4n) is 3.91. The number of Topliss-reactive ketones (excluding diaryl/α,β-unsaturated/α-hetero) is 1. The molecule has 1 aromatic carbocycles. The standard InChI is InChI=1S/C21H29NO4/c1-5-15(14-10-7-6-8-11-14)16-12-9-13-22(17(16)20(25)26)19(24)18(23)21(2,3)4/h6-8,10-11,15-17H,5,9,12-13H2,1-4H3,(H,25,26)/p-1. The molecule has 1 saturated heterocycles. The van der Waals surface area contributed by atoms with E-state index in [1.807, 2.05) is 37.3 Å². The number of aliphatic carboxylic acids is 1. The van der Waals surface area contributed by atoms with Crippen molar-refractivity contribution in [2.45, 2.75) is 58.9 Å². The number of hydrogen-bond donors (Lipinski definition) is 0. The Bertz CT molecular complexity index is 662. The van der Waals surface area contributed by atoms with E-state index in [-0.39, 0.29) is 18.4 Å². The van der Waals surface area contributed by atoms with Crippen molar-refractivity contribution >= 4 is 17.7 Å². The third kappa shape index (κ3) is 4.14. The number of carbonyl (C=O) groups is 3. The summed E-state index contributed by atoms with van der Waals surface area (Å²) in [5, 5.41) is 12.0. The highest BCUT2D eigenvalue weighted by Crippen LogP contribution is 2.38. The van der Waals surface area contributed by atoms with E-state index in [0.29, 0.717) is 12.8 Å². The maximum absolute atomic E-state index is 12.7. The molecule has 0 saturated carbocycles. The lowest BCUT2D eigenvalue weighted by molar-refractivity contribution is -0.314. The number of piperidine rings is 1. The highest BCUT2D eigenvalue weighted by atomic mass is 16.4. The number of amides is 1. The fraction of sp³-hybridized carbons (Fsp3) is 0.571. The van der Waals surface area contributed by atoms with E-state index in [4.69, 9.17) is 0 Å². The van der Waals surface area contributed by atoms with Crippen LogP contribution in [-0.2, 0) is 14.4 Å². The highest BCUT2D eigenvalue weighted by Gasteiger charge is 2.42. The number of ketones is 1. The first-order chi connectivity index (χ1) is 12.2. The molecule has 3 unspecified atom stereocenters. The second kappa shape index (κ2) is 8.02. The van der Waals surface area contributed by atoms with E-state index < -0.39 is 29.1 Å². The lowest BCUT2D eigenvalue weighted by Gasteiger charge is -2.45. The molecule has 1 heterocycles. The number of nitrogens with zero attached hydrogens (tertiary/aromatic N) is 1. The summed E-state index contributed by atoms with van der Waals surface area (Å²) in [7, 11) is 0. The van der Waals surface area contributed by atoms with Crippen molar-refractivity contribution in [3.05, 3.63) is 35.9 Å². The van der Waals surface area contributed by atoms with Crippen LogP contribution in [0.4, 0.5) is 0 Å². The first-order valence-electron chi connectivity index (χ1n) is 9.29. The van der Waals surface area contributed by atoms with Crippen molar-refractivity contribution in [2.24, 2.45) is 11.3 Å². The Morgan fingerprint density at radius 2 is 1.81 bits per heavy atom. The van der Waals surface area contributed by atoms with Crippen LogP contribution in [0.15, 0.2) is 30.3 Å². The molecule has 1 aliphatic heterocycles. The van der Waals surface area contributed by atoms with Gasteiger partial charge < -0.3 is 14.8 Å². The second-order valence-electron chi connectivity index (χ2n) is 8.07. The zero-order chi connectivity index (χ0) is 19.5. The Morgan fingerprint density at radius 1 is 1.19 bits per heavy atom. The lowest BCUT2D eigenvalue weighted by Crippen LogP contribution is -2.60. The van der Waals surface area contributed by atoms with E-state index in [1.165, 1.54) is 4.90 Å². The third-order valence-corrected chi connectivity index (χ3v) is 5.24. The fourth-order valence-corrected chi connectivity index (χ4v) is 3.91. The maximum atomic E-state index is 12.7. The van der Waals surface area contributed by atoms with Crippen molar-refractivity contribution in [3.63, 3.8) is 0 Å². The minimum atomic E-state index is -1.28. The van der Waals surface area contributed by atoms with Gasteiger partial charge in [-0.15, -0.1) is 0 Å². The molecule has 0 bridgehead atoms. The molecular formula is C21H28NO4-. The SMILES string of the molecule is CCC(c1ccccc1)C1CCCN(C(=O)C(=O)C(C)(C)C)C1C(=O)[O-]. The molecule has 0 N–H and O–H groups in total. The van der Waals surface area contributed by atoms with E-state index in [1.54, 1.807) is 20.8 Å². The summed E-state index contributed by atoms with van der Waals surface area (Å²) < 4.78 is 0. The molecule has 2 rings (SSSR count). The van der Waals surface area contributed by atoms with Gasteiger partial charge in [-0.3, -0.25) is 9.59 Å². The van der Waals surface area contributed by atoms with Crippen molar-refractivity contribution in [3.8, 4) is 0 Å². The second-order valence-corrected chi connectivity index (χ2v) is 8.07. The zero-order valence-corrected chi connectivity index (χ0v) is 16.0. The van der Waals surface area contributed by atoms with Crippen LogP contribution in [0.25, 0.3) is 0 Å². The highest BCUT2D eigenvalue weighted by molar-refractivity contribution is 6.38. The van der Waals surface area contributed by atoms with Gasteiger partial charge in [-0.25, -0.2) is 0 Å². The van der Waals surface area contributed by atoms with E-state index >= 15 is 0 Å². The normalized spacial score (nSPS) is 21.9. The lowest BCUT2D eigenvalue weighted by atomic mass is 9.74. The molecule has 1 aliphatic rings. The van der Waals surface area contributed by atoms with Crippen LogP contribution < -0.4 is 5.11 Å². The third-order valence-electron chi connectivity index (χ3n) is 5.24. The summed E-state index contributed by atoms with van der Waals surface area (Å²) >= 11 is 0. The minimum Gasteiger partial charge on any atom is -0.548 e. The van der Waals surface area contributed by atoms with Crippen molar-refractivity contribution < 1.29 is 19.5 Å². The van der Waals surface area contributed by atoms with Crippen molar-refractivity contribution in [2.75, 3.05) is 6.54 Å². The molecule has 142 valence electrons. The van der Waals surface area contributed by atoms with Gasteiger partial charge in [0.15, 0.2) is 0 Å². The molecule has 5 nitrogen and oxygen atoms in total. The predicted octanol–water partition coefficient (Wildman–Crippen LogP) is 2.15. The average Bonchev–Trinajstić information content (AvgIpc) is 2.60.